The highest BCUT2D eigenvalue weighted by molar-refractivity contribution is 7.89. The second-order valence-electron chi connectivity index (χ2n) is 6.02. The van der Waals surface area contributed by atoms with Crippen molar-refractivity contribution < 1.29 is 39.6 Å². The van der Waals surface area contributed by atoms with Crippen LogP contribution in [0.3, 0.4) is 0 Å². The number of aromatic nitrogens is 2. The molecule has 0 aliphatic carbocycles. The van der Waals surface area contributed by atoms with Crippen molar-refractivity contribution in [1.29, 1.82) is 0 Å². The van der Waals surface area contributed by atoms with E-state index < -0.39 is 44.3 Å². The SMILES string of the molecule is O=C(NNS(=O)(=O)c1ccccc1C(F)(F)F)c1csc(-c2ccc(C(F)(F)F)cn2)n1. The first kappa shape index (κ1) is 23.6. The van der Waals surface area contributed by atoms with Gasteiger partial charge in [-0.25, -0.2) is 13.4 Å². The van der Waals surface area contributed by atoms with Gasteiger partial charge in [0.1, 0.15) is 10.7 Å². The first-order chi connectivity index (χ1) is 14.8. The van der Waals surface area contributed by atoms with Gasteiger partial charge in [-0.1, -0.05) is 12.1 Å². The van der Waals surface area contributed by atoms with E-state index in [-0.39, 0.29) is 16.4 Å². The van der Waals surface area contributed by atoms with Gasteiger partial charge >= 0.3 is 12.4 Å². The van der Waals surface area contributed by atoms with E-state index in [0.29, 0.717) is 18.3 Å². The van der Waals surface area contributed by atoms with Gasteiger partial charge in [-0.2, -0.15) is 26.3 Å². The minimum atomic E-state index is -4.95. The number of thiazole rings is 1. The van der Waals surface area contributed by atoms with Crippen molar-refractivity contribution in [2.24, 2.45) is 0 Å². The number of hydrazine groups is 1. The van der Waals surface area contributed by atoms with E-state index in [1.165, 1.54) is 5.38 Å². The fraction of sp³-hybridized carbons (Fsp3) is 0.118. The highest BCUT2D eigenvalue weighted by atomic mass is 32.2. The molecule has 0 aliphatic rings. The van der Waals surface area contributed by atoms with E-state index in [1.54, 1.807) is 10.3 Å². The molecule has 7 nitrogen and oxygen atoms in total. The largest absolute Gasteiger partial charge is 0.417 e. The van der Waals surface area contributed by atoms with Crippen LogP contribution in [0.15, 0.2) is 52.9 Å². The Morgan fingerprint density at radius 1 is 0.969 bits per heavy atom. The molecule has 0 saturated heterocycles. The number of alkyl halides is 6. The molecule has 2 heterocycles. The normalized spacial score (nSPS) is 12.6. The molecule has 0 saturated carbocycles. The quantitative estimate of drug-likeness (QED) is 0.413. The van der Waals surface area contributed by atoms with Crippen molar-refractivity contribution in [3.63, 3.8) is 0 Å². The van der Waals surface area contributed by atoms with Gasteiger partial charge in [0.25, 0.3) is 15.9 Å². The number of benzene rings is 1. The summed E-state index contributed by atoms with van der Waals surface area (Å²) in [5, 5.41) is 1.23. The molecule has 0 spiro atoms. The minimum absolute atomic E-state index is 0.0294. The van der Waals surface area contributed by atoms with Crippen molar-refractivity contribution in [3.8, 4) is 10.7 Å². The van der Waals surface area contributed by atoms with E-state index in [0.717, 1.165) is 35.6 Å². The summed E-state index contributed by atoms with van der Waals surface area (Å²) in [7, 11) is -4.79. The number of sulfonamides is 1. The van der Waals surface area contributed by atoms with Crippen LogP contribution in [0.4, 0.5) is 26.3 Å². The number of amides is 1. The van der Waals surface area contributed by atoms with Gasteiger partial charge in [0.2, 0.25) is 0 Å². The van der Waals surface area contributed by atoms with Gasteiger partial charge in [-0.3, -0.25) is 15.2 Å². The fourth-order valence-corrected chi connectivity index (χ4v) is 4.20. The molecule has 0 unspecified atom stereocenters. The molecular weight excluding hydrogens is 486 g/mol. The Hall–Kier alpha value is -3.04. The summed E-state index contributed by atoms with van der Waals surface area (Å²) in [6, 6.07) is 5.19. The maximum atomic E-state index is 13.0. The van der Waals surface area contributed by atoms with Crippen LogP contribution in [-0.4, -0.2) is 24.3 Å². The topological polar surface area (TPSA) is 101 Å². The Bertz CT molecular complexity index is 1240. The van der Waals surface area contributed by atoms with Gasteiger partial charge in [-0.15, -0.1) is 16.2 Å². The first-order valence-electron chi connectivity index (χ1n) is 8.26. The van der Waals surface area contributed by atoms with Crippen LogP contribution >= 0.6 is 11.3 Å². The number of nitrogens with one attached hydrogen (secondary N) is 2. The van der Waals surface area contributed by atoms with Gasteiger partial charge < -0.3 is 0 Å². The number of carbonyl (C=O) groups excluding carboxylic acids is 1. The number of rotatable bonds is 5. The molecule has 0 aliphatic heterocycles. The van der Waals surface area contributed by atoms with Gasteiger partial charge in [0.15, 0.2) is 0 Å². The summed E-state index contributed by atoms with van der Waals surface area (Å²) in [5.74, 6) is -1.10. The summed E-state index contributed by atoms with van der Waals surface area (Å²) in [5.41, 5.74) is -0.971. The highest BCUT2D eigenvalue weighted by Gasteiger charge is 2.37. The maximum Gasteiger partial charge on any atom is 0.417 e. The number of hydrogen-bond donors (Lipinski definition) is 2. The van der Waals surface area contributed by atoms with E-state index >= 15 is 0 Å². The Morgan fingerprint density at radius 2 is 1.66 bits per heavy atom. The summed E-state index contributed by atoms with van der Waals surface area (Å²) in [6.07, 6.45) is -8.95. The smallest absolute Gasteiger partial charge is 0.272 e. The van der Waals surface area contributed by atoms with E-state index in [2.05, 4.69) is 9.97 Å². The molecule has 32 heavy (non-hydrogen) atoms. The lowest BCUT2D eigenvalue weighted by Crippen LogP contribution is -2.42. The molecule has 0 bridgehead atoms. The second kappa shape index (κ2) is 8.48. The first-order valence-corrected chi connectivity index (χ1v) is 10.6. The van der Waals surface area contributed by atoms with Crippen LogP contribution in [0.1, 0.15) is 21.6 Å². The van der Waals surface area contributed by atoms with E-state index in [9.17, 15) is 39.6 Å². The molecule has 3 aromatic rings. The zero-order valence-corrected chi connectivity index (χ0v) is 17.0. The Balaban J connectivity index is 1.74. The maximum absolute atomic E-state index is 13.0. The van der Waals surface area contributed by atoms with Crippen molar-refractivity contribution in [2.45, 2.75) is 17.2 Å². The molecule has 0 radical (unpaired) electrons. The van der Waals surface area contributed by atoms with Crippen LogP contribution in [0, 0.1) is 0 Å². The lowest BCUT2D eigenvalue weighted by Gasteiger charge is -2.13. The van der Waals surface area contributed by atoms with Crippen molar-refractivity contribution >= 4 is 27.3 Å². The van der Waals surface area contributed by atoms with Crippen molar-refractivity contribution in [2.75, 3.05) is 0 Å². The molecule has 2 N–H and O–H groups in total. The second-order valence-corrected chi connectivity index (χ2v) is 8.53. The van der Waals surface area contributed by atoms with E-state index in [1.807, 2.05) is 0 Å². The van der Waals surface area contributed by atoms with Crippen LogP contribution in [0.25, 0.3) is 10.7 Å². The molecule has 1 amide bonds. The van der Waals surface area contributed by atoms with Crippen LogP contribution in [0.5, 0.6) is 0 Å². The van der Waals surface area contributed by atoms with E-state index in [4.69, 9.17) is 0 Å². The number of nitrogens with zero attached hydrogens (tertiary/aromatic N) is 2. The zero-order valence-electron chi connectivity index (χ0n) is 15.3. The molecule has 2 aromatic heterocycles. The van der Waals surface area contributed by atoms with Crippen LogP contribution in [-0.2, 0) is 22.4 Å². The highest BCUT2D eigenvalue weighted by Crippen LogP contribution is 2.34. The fourth-order valence-electron chi connectivity index (χ4n) is 2.35. The Morgan fingerprint density at radius 3 is 2.25 bits per heavy atom. The van der Waals surface area contributed by atoms with Gasteiger partial charge in [0.05, 0.1) is 21.7 Å². The summed E-state index contributed by atoms with van der Waals surface area (Å²) in [6.45, 7) is 0. The lowest BCUT2D eigenvalue weighted by molar-refractivity contribution is -0.140. The number of halogens is 6. The van der Waals surface area contributed by atoms with Crippen molar-refractivity contribution in [3.05, 3.63) is 64.8 Å². The molecule has 1 aromatic carbocycles. The third-order valence-corrected chi connectivity index (χ3v) is 6.00. The Labute approximate surface area is 180 Å². The Kier molecular flexibility index (Phi) is 6.26. The standard InChI is InChI=1S/C17H10F6N4O3S2/c18-16(19,20)9-5-6-11(24-7-9)15-25-12(8-31-15)14(28)26-27-32(29,30)13-4-2-1-3-10(13)17(21,22)23/h1-8,27H,(H,26,28). The average Bonchev–Trinajstić information content (AvgIpc) is 3.21. The van der Waals surface area contributed by atoms with Gasteiger partial charge in [-0.05, 0) is 24.3 Å². The third-order valence-electron chi connectivity index (χ3n) is 3.83. The monoisotopic (exact) mass is 496 g/mol. The summed E-state index contributed by atoms with van der Waals surface area (Å²) >= 11 is 0.838. The minimum Gasteiger partial charge on any atom is -0.272 e. The lowest BCUT2D eigenvalue weighted by atomic mass is 10.2. The third kappa shape index (κ3) is 5.23. The predicted octanol–water partition coefficient (Wildman–Crippen LogP) is 3.87. The predicted molar refractivity (Wildman–Crippen MR) is 99.6 cm³/mol. The summed E-state index contributed by atoms with van der Waals surface area (Å²) < 4.78 is 101. The molecule has 3 rings (SSSR count). The number of pyridine rings is 1. The molecule has 15 heteroatoms. The van der Waals surface area contributed by atoms with Crippen molar-refractivity contribution in [1.82, 2.24) is 20.2 Å². The average molecular weight is 496 g/mol. The summed E-state index contributed by atoms with van der Waals surface area (Å²) in [4.78, 5) is 20.1. The number of hydrogen-bond acceptors (Lipinski definition) is 6. The van der Waals surface area contributed by atoms with Crippen LogP contribution in [0.2, 0.25) is 0 Å². The molecule has 170 valence electrons. The molecular formula is C17H10F6N4O3S2. The molecule has 0 fully saturated rings. The van der Waals surface area contributed by atoms with Gasteiger partial charge in [0, 0.05) is 11.6 Å². The number of carbonyl (C=O) groups is 1. The zero-order chi connectivity index (χ0) is 23.7. The molecule has 0 atom stereocenters. The van der Waals surface area contributed by atoms with Crippen LogP contribution < -0.4 is 10.3 Å².